The van der Waals surface area contributed by atoms with Crippen molar-refractivity contribution >= 4 is 18.1 Å². The van der Waals surface area contributed by atoms with Gasteiger partial charge in [0.1, 0.15) is 24.2 Å². The number of aliphatic hydroxyl groups excluding tert-OH is 1. The lowest BCUT2D eigenvalue weighted by Crippen LogP contribution is -2.35. The molecule has 0 radical (unpaired) electrons. The lowest BCUT2D eigenvalue weighted by Gasteiger charge is -2.22. The van der Waals surface area contributed by atoms with Crippen molar-refractivity contribution in [2.24, 2.45) is 0 Å². The number of hydrogen-bond acceptors (Lipinski definition) is 5. The lowest BCUT2D eigenvalue weighted by molar-refractivity contribution is -0.125. The minimum absolute atomic E-state index is 0.0548. The summed E-state index contributed by atoms with van der Waals surface area (Å²) in [4.78, 5) is 27.2. The van der Waals surface area contributed by atoms with Crippen LogP contribution in [0.2, 0.25) is 0 Å². The molecular formula is C27H24FNO5. The Morgan fingerprint density at radius 3 is 2.41 bits per heavy atom. The van der Waals surface area contributed by atoms with Crippen molar-refractivity contribution in [1.82, 2.24) is 4.90 Å². The van der Waals surface area contributed by atoms with E-state index in [-0.39, 0.29) is 25.2 Å². The van der Waals surface area contributed by atoms with Gasteiger partial charge in [-0.15, -0.1) is 0 Å². The van der Waals surface area contributed by atoms with Crippen molar-refractivity contribution in [3.05, 3.63) is 107 Å². The van der Waals surface area contributed by atoms with Crippen LogP contribution in [0.1, 0.15) is 41.7 Å². The van der Waals surface area contributed by atoms with Gasteiger partial charge in [-0.2, -0.15) is 0 Å². The molecule has 0 unspecified atom stereocenters. The second-order valence-corrected chi connectivity index (χ2v) is 8.05. The number of benzene rings is 3. The molecule has 4 rings (SSSR count). The number of imide groups is 1. The Labute approximate surface area is 196 Å². The summed E-state index contributed by atoms with van der Waals surface area (Å²) in [6.45, 7) is 0.0548. The van der Waals surface area contributed by atoms with Crippen LogP contribution in [-0.4, -0.2) is 33.7 Å². The van der Waals surface area contributed by atoms with E-state index in [2.05, 4.69) is 0 Å². The first kappa shape index (κ1) is 23.2. The fraction of sp³-hybridized carbons (Fsp3) is 0.185. The molecule has 2 atom stereocenters. The summed E-state index contributed by atoms with van der Waals surface area (Å²) in [7, 11) is 0. The molecule has 2 amide bonds. The maximum Gasteiger partial charge on any atom is 0.417 e. The van der Waals surface area contributed by atoms with Gasteiger partial charge in [-0.1, -0.05) is 54.6 Å². The highest BCUT2D eigenvalue weighted by molar-refractivity contribution is 6.06. The molecule has 1 aliphatic heterocycles. The van der Waals surface area contributed by atoms with E-state index >= 15 is 0 Å². The molecule has 0 spiro atoms. The zero-order valence-electron chi connectivity index (χ0n) is 18.3. The number of carbonyl (C=O) groups is 2. The number of hydrogen-bond donors (Lipinski definition) is 2. The van der Waals surface area contributed by atoms with Crippen LogP contribution in [0.15, 0.2) is 84.4 Å². The van der Waals surface area contributed by atoms with E-state index in [0.717, 1.165) is 10.5 Å². The highest BCUT2D eigenvalue weighted by Gasteiger charge is 2.40. The van der Waals surface area contributed by atoms with Crippen LogP contribution >= 0.6 is 0 Å². The third kappa shape index (κ3) is 5.32. The number of halogens is 1. The number of carbonyl (C=O) groups excluding carboxylic acids is 2. The van der Waals surface area contributed by atoms with Crippen LogP contribution in [0.25, 0.3) is 6.08 Å². The summed E-state index contributed by atoms with van der Waals surface area (Å²) in [5.74, 6) is -0.835. The molecule has 6 nitrogen and oxygen atoms in total. The minimum atomic E-state index is -0.924. The normalized spacial score (nSPS) is 16.9. The summed E-state index contributed by atoms with van der Waals surface area (Å²) in [5, 5.41) is 20.2. The Hall–Kier alpha value is -3.97. The number of phenolic OH excluding ortho intramolecular Hbond substituents is 1. The molecule has 1 fully saturated rings. The predicted molar refractivity (Wildman–Crippen MR) is 124 cm³/mol. The summed E-state index contributed by atoms with van der Waals surface area (Å²) >= 11 is 0. The van der Waals surface area contributed by atoms with Gasteiger partial charge < -0.3 is 14.9 Å². The molecule has 0 aromatic heterocycles. The van der Waals surface area contributed by atoms with E-state index < -0.39 is 30.0 Å². The lowest BCUT2D eigenvalue weighted by atomic mass is 9.98. The fourth-order valence-corrected chi connectivity index (χ4v) is 3.88. The molecule has 174 valence electrons. The van der Waals surface area contributed by atoms with Gasteiger partial charge in [0.2, 0.25) is 0 Å². The smallest absolute Gasteiger partial charge is 0.417 e. The Kier molecular flexibility index (Phi) is 7.04. The van der Waals surface area contributed by atoms with Crippen molar-refractivity contribution in [1.29, 1.82) is 0 Å². The summed E-state index contributed by atoms with van der Waals surface area (Å²) in [6, 6.07) is 20.4. The van der Waals surface area contributed by atoms with Crippen molar-refractivity contribution in [3.63, 3.8) is 0 Å². The molecule has 0 saturated carbocycles. The topological polar surface area (TPSA) is 87.1 Å². The second-order valence-electron chi connectivity index (χ2n) is 8.05. The number of aliphatic hydroxyl groups is 1. The Morgan fingerprint density at radius 1 is 1.06 bits per heavy atom. The van der Waals surface area contributed by atoms with E-state index in [1.807, 2.05) is 30.3 Å². The number of nitrogens with zero attached hydrogens (tertiary/aromatic N) is 1. The van der Waals surface area contributed by atoms with E-state index in [4.69, 9.17) is 4.74 Å². The standard InChI is InChI=1S/C27H24FNO5/c28-22-11-8-20(9-12-22)25(31)15-10-21(16-18-6-13-23(30)14-7-18)26(32)29-24(17-34-27(29)33)19-4-2-1-3-5-19/h1-9,11-14,16,24-25,30-31H,10,15,17H2/b21-16+/t24-,25-/m1/s1. The Morgan fingerprint density at radius 2 is 1.74 bits per heavy atom. The van der Waals surface area contributed by atoms with Crippen LogP contribution in [-0.2, 0) is 9.53 Å². The summed E-state index contributed by atoms with van der Waals surface area (Å²) in [5.41, 5.74) is 2.26. The second kappa shape index (κ2) is 10.3. The first-order chi connectivity index (χ1) is 16.4. The number of ether oxygens (including phenoxy) is 1. The Balaban J connectivity index is 1.61. The number of aromatic hydroxyl groups is 1. The minimum Gasteiger partial charge on any atom is -0.508 e. The molecule has 2 N–H and O–H groups in total. The molecule has 3 aromatic carbocycles. The van der Waals surface area contributed by atoms with Crippen molar-refractivity contribution in [3.8, 4) is 5.75 Å². The van der Waals surface area contributed by atoms with Gasteiger partial charge in [0, 0.05) is 5.57 Å². The number of cyclic esters (lactones) is 1. The third-order valence-corrected chi connectivity index (χ3v) is 5.73. The Bertz CT molecular complexity index is 1180. The van der Waals surface area contributed by atoms with Crippen LogP contribution < -0.4 is 0 Å². The van der Waals surface area contributed by atoms with Crippen molar-refractivity contribution < 1.29 is 28.9 Å². The third-order valence-electron chi connectivity index (χ3n) is 5.73. The fourth-order valence-electron chi connectivity index (χ4n) is 3.88. The zero-order valence-corrected chi connectivity index (χ0v) is 18.3. The molecule has 1 heterocycles. The first-order valence-corrected chi connectivity index (χ1v) is 10.9. The van der Waals surface area contributed by atoms with Crippen LogP contribution in [0.4, 0.5) is 9.18 Å². The first-order valence-electron chi connectivity index (χ1n) is 10.9. The van der Waals surface area contributed by atoms with Crippen LogP contribution in [0, 0.1) is 5.82 Å². The van der Waals surface area contributed by atoms with Gasteiger partial charge >= 0.3 is 6.09 Å². The zero-order chi connectivity index (χ0) is 24.1. The molecule has 0 aliphatic carbocycles. The molecule has 1 saturated heterocycles. The number of phenols is 1. The highest BCUT2D eigenvalue weighted by atomic mass is 19.1. The van der Waals surface area contributed by atoms with Gasteiger partial charge in [-0.25, -0.2) is 14.1 Å². The largest absolute Gasteiger partial charge is 0.508 e. The predicted octanol–water partition coefficient (Wildman–Crippen LogP) is 5.15. The van der Waals surface area contributed by atoms with Crippen LogP contribution in [0.3, 0.4) is 0 Å². The van der Waals surface area contributed by atoms with E-state index in [1.165, 1.54) is 36.4 Å². The highest BCUT2D eigenvalue weighted by Crippen LogP contribution is 2.31. The van der Waals surface area contributed by atoms with Crippen molar-refractivity contribution in [2.75, 3.05) is 6.61 Å². The SMILES string of the molecule is O=C1OC[C@H](c2ccccc2)N1C(=O)/C(=C/c1ccc(O)cc1)CC[C@@H](O)c1ccc(F)cc1. The molecular weight excluding hydrogens is 437 g/mol. The van der Waals surface area contributed by atoms with Gasteiger partial charge in [-0.05, 0) is 59.9 Å². The van der Waals surface area contributed by atoms with Gasteiger partial charge in [0.05, 0.1) is 6.10 Å². The van der Waals surface area contributed by atoms with Crippen LogP contribution in [0.5, 0.6) is 5.75 Å². The van der Waals surface area contributed by atoms with Gasteiger partial charge in [0.25, 0.3) is 5.91 Å². The van der Waals surface area contributed by atoms with E-state index in [1.54, 1.807) is 18.2 Å². The van der Waals surface area contributed by atoms with E-state index in [9.17, 15) is 24.2 Å². The average molecular weight is 461 g/mol. The number of amides is 2. The molecule has 7 heteroatoms. The molecule has 34 heavy (non-hydrogen) atoms. The number of rotatable bonds is 7. The molecule has 1 aliphatic rings. The van der Waals surface area contributed by atoms with Gasteiger partial charge in [0.15, 0.2) is 0 Å². The maximum absolute atomic E-state index is 13.6. The summed E-state index contributed by atoms with van der Waals surface area (Å²) in [6.07, 6.45) is 0.317. The summed E-state index contributed by atoms with van der Waals surface area (Å²) < 4.78 is 18.4. The monoisotopic (exact) mass is 461 g/mol. The van der Waals surface area contributed by atoms with E-state index in [0.29, 0.717) is 16.7 Å². The van der Waals surface area contributed by atoms with Crippen molar-refractivity contribution in [2.45, 2.75) is 25.0 Å². The molecule has 3 aromatic rings. The van der Waals surface area contributed by atoms with Gasteiger partial charge in [-0.3, -0.25) is 4.79 Å². The maximum atomic E-state index is 13.6. The average Bonchev–Trinajstić information content (AvgIpc) is 3.24. The quantitative estimate of drug-likeness (QED) is 0.475. The molecule has 0 bridgehead atoms.